The number of aliphatic carboxylic acids is 1. The minimum Gasteiger partial charge on any atom is -0.480 e. The Labute approximate surface area is 122 Å². The Bertz CT molecular complexity index is 527. The largest absolute Gasteiger partial charge is 0.480 e. The number of anilines is 1. The van der Waals surface area contributed by atoms with Gasteiger partial charge in [-0.05, 0) is 37.1 Å². The van der Waals surface area contributed by atoms with E-state index in [4.69, 9.17) is 5.11 Å². The van der Waals surface area contributed by atoms with E-state index in [9.17, 15) is 9.59 Å². The van der Waals surface area contributed by atoms with Crippen LogP contribution in [0.2, 0.25) is 0 Å². The van der Waals surface area contributed by atoms with Gasteiger partial charge in [0, 0.05) is 18.5 Å². The molecule has 0 aliphatic carbocycles. The molecule has 6 heteroatoms. The summed E-state index contributed by atoms with van der Waals surface area (Å²) in [6.45, 7) is 3.95. The van der Waals surface area contributed by atoms with Crippen molar-refractivity contribution in [2.45, 2.75) is 19.9 Å². The van der Waals surface area contributed by atoms with Crippen molar-refractivity contribution in [1.82, 2.24) is 4.90 Å². The van der Waals surface area contributed by atoms with Crippen molar-refractivity contribution in [3.8, 4) is 0 Å². The first kappa shape index (κ1) is 14.7. The third kappa shape index (κ3) is 2.90. The number of hydrogen-bond acceptors (Lipinski definition) is 3. The van der Waals surface area contributed by atoms with E-state index in [0.29, 0.717) is 11.6 Å². The number of thioether (sulfide) groups is 1. The van der Waals surface area contributed by atoms with Gasteiger partial charge in [0.25, 0.3) is 0 Å². The summed E-state index contributed by atoms with van der Waals surface area (Å²) >= 11 is 1.46. The molecule has 1 heterocycles. The van der Waals surface area contributed by atoms with Crippen LogP contribution in [0.15, 0.2) is 18.2 Å². The molecule has 20 heavy (non-hydrogen) atoms. The van der Waals surface area contributed by atoms with Gasteiger partial charge >= 0.3 is 12.0 Å². The average Bonchev–Trinajstić information content (AvgIpc) is 2.85. The minimum atomic E-state index is -0.947. The van der Waals surface area contributed by atoms with Gasteiger partial charge in [0.15, 0.2) is 0 Å². The summed E-state index contributed by atoms with van der Waals surface area (Å²) < 4.78 is 0. The van der Waals surface area contributed by atoms with Gasteiger partial charge in [-0.25, -0.2) is 9.59 Å². The predicted molar refractivity (Wildman–Crippen MR) is 80.3 cm³/mol. The lowest BCUT2D eigenvalue weighted by Gasteiger charge is -2.27. The quantitative estimate of drug-likeness (QED) is 0.909. The van der Waals surface area contributed by atoms with Gasteiger partial charge < -0.3 is 10.0 Å². The average molecular weight is 294 g/mol. The normalized spacial score (nSPS) is 18.1. The van der Waals surface area contributed by atoms with Crippen molar-refractivity contribution in [3.05, 3.63) is 29.3 Å². The second-order valence-electron chi connectivity index (χ2n) is 5.01. The smallest absolute Gasteiger partial charge is 0.327 e. The lowest BCUT2D eigenvalue weighted by molar-refractivity contribution is -0.140. The first-order chi connectivity index (χ1) is 9.40. The molecule has 5 nitrogen and oxygen atoms in total. The van der Waals surface area contributed by atoms with Crippen molar-refractivity contribution >= 4 is 29.4 Å². The maximum absolute atomic E-state index is 12.5. The number of benzene rings is 1. The Morgan fingerprint density at radius 3 is 2.45 bits per heavy atom. The molecule has 0 saturated carbocycles. The number of amides is 2. The summed E-state index contributed by atoms with van der Waals surface area (Å²) in [7, 11) is 1.68. The molecule has 1 fully saturated rings. The maximum Gasteiger partial charge on any atom is 0.327 e. The Balaban J connectivity index is 2.22. The maximum atomic E-state index is 12.5. The lowest BCUT2D eigenvalue weighted by atomic mass is 10.1. The van der Waals surface area contributed by atoms with E-state index in [2.05, 4.69) is 0 Å². The monoisotopic (exact) mass is 294 g/mol. The topological polar surface area (TPSA) is 60.9 Å². The number of urea groups is 1. The summed E-state index contributed by atoms with van der Waals surface area (Å²) in [5, 5.41) is 9.15. The first-order valence-corrected chi connectivity index (χ1v) is 7.49. The van der Waals surface area contributed by atoms with Gasteiger partial charge in [0.2, 0.25) is 0 Å². The van der Waals surface area contributed by atoms with Crippen LogP contribution in [0.4, 0.5) is 10.5 Å². The van der Waals surface area contributed by atoms with Crippen molar-refractivity contribution in [1.29, 1.82) is 0 Å². The molecule has 2 amide bonds. The minimum absolute atomic E-state index is 0.271. The molecule has 1 aromatic carbocycles. The highest BCUT2D eigenvalue weighted by Crippen LogP contribution is 2.25. The zero-order valence-corrected chi connectivity index (χ0v) is 12.6. The Kier molecular flexibility index (Phi) is 4.23. The van der Waals surface area contributed by atoms with E-state index in [1.807, 2.05) is 32.0 Å². The Morgan fingerprint density at radius 1 is 1.30 bits per heavy atom. The highest BCUT2D eigenvalue weighted by Gasteiger charge is 2.36. The number of carboxylic acids is 1. The molecule has 1 aromatic rings. The third-order valence-electron chi connectivity index (χ3n) is 3.29. The van der Waals surface area contributed by atoms with Gasteiger partial charge in [-0.1, -0.05) is 6.07 Å². The first-order valence-electron chi connectivity index (χ1n) is 6.33. The molecule has 108 valence electrons. The molecule has 2 rings (SSSR count). The summed E-state index contributed by atoms with van der Waals surface area (Å²) in [5.41, 5.74) is 2.93. The van der Waals surface area contributed by atoms with Crippen LogP contribution in [0.5, 0.6) is 0 Å². The Morgan fingerprint density at radius 2 is 1.90 bits per heavy atom. The molecule has 1 atom stereocenters. The molecule has 0 aromatic heterocycles. The van der Waals surface area contributed by atoms with Crippen LogP contribution in [0.25, 0.3) is 0 Å². The summed E-state index contributed by atoms with van der Waals surface area (Å²) in [4.78, 5) is 26.5. The Hall–Kier alpha value is -1.69. The highest BCUT2D eigenvalue weighted by atomic mass is 32.2. The number of aryl methyl sites for hydroxylation is 2. The fourth-order valence-electron chi connectivity index (χ4n) is 2.28. The number of carbonyl (C=O) groups is 2. The van der Waals surface area contributed by atoms with E-state index in [1.54, 1.807) is 7.05 Å². The molecule has 1 aliphatic rings. The number of nitrogens with zero attached hydrogens (tertiary/aromatic N) is 2. The molecule has 1 aliphatic heterocycles. The van der Waals surface area contributed by atoms with Crippen molar-refractivity contribution < 1.29 is 14.7 Å². The summed E-state index contributed by atoms with van der Waals surface area (Å²) in [5.74, 6) is -0.0793. The van der Waals surface area contributed by atoms with Gasteiger partial charge in [-0.15, -0.1) is 11.8 Å². The molecule has 0 bridgehead atoms. The molecule has 1 unspecified atom stereocenters. The fraction of sp³-hybridized carbons (Fsp3) is 0.429. The third-order valence-corrected chi connectivity index (χ3v) is 4.31. The number of rotatable bonds is 2. The van der Waals surface area contributed by atoms with E-state index >= 15 is 0 Å². The highest BCUT2D eigenvalue weighted by molar-refractivity contribution is 7.99. The van der Waals surface area contributed by atoms with Crippen LogP contribution in [0.1, 0.15) is 11.1 Å². The van der Waals surface area contributed by atoms with Crippen LogP contribution < -0.4 is 4.90 Å². The molecule has 1 N–H and O–H groups in total. The van der Waals surface area contributed by atoms with Crippen LogP contribution >= 0.6 is 11.8 Å². The molecule has 0 radical (unpaired) electrons. The van der Waals surface area contributed by atoms with Crippen molar-refractivity contribution in [2.24, 2.45) is 0 Å². The van der Waals surface area contributed by atoms with Crippen LogP contribution in [0.3, 0.4) is 0 Å². The van der Waals surface area contributed by atoms with Gasteiger partial charge in [0.1, 0.15) is 6.04 Å². The molecule has 1 saturated heterocycles. The van der Waals surface area contributed by atoms with Gasteiger partial charge in [0.05, 0.1) is 5.88 Å². The van der Waals surface area contributed by atoms with Crippen LogP contribution in [0, 0.1) is 13.8 Å². The summed E-state index contributed by atoms with van der Waals surface area (Å²) in [6, 6.07) is 4.87. The van der Waals surface area contributed by atoms with Gasteiger partial charge in [-0.2, -0.15) is 0 Å². The van der Waals surface area contributed by atoms with E-state index in [-0.39, 0.29) is 6.03 Å². The van der Waals surface area contributed by atoms with Crippen molar-refractivity contribution in [3.63, 3.8) is 0 Å². The SMILES string of the molecule is Cc1cc(C)cc(N(C)C(=O)N2CSCC2C(=O)O)c1. The van der Waals surface area contributed by atoms with E-state index in [0.717, 1.165) is 16.8 Å². The summed E-state index contributed by atoms with van der Waals surface area (Å²) in [6.07, 6.45) is 0. The van der Waals surface area contributed by atoms with Crippen LogP contribution in [-0.2, 0) is 4.79 Å². The van der Waals surface area contributed by atoms with Crippen molar-refractivity contribution in [2.75, 3.05) is 23.6 Å². The van der Waals surface area contributed by atoms with Crippen LogP contribution in [-0.4, -0.2) is 46.7 Å². The van der Waals surface area contributed by atoms with Gasteiger partial charge in [-0.3, -0.25) is 4.90 Å². The number of carboxylic acid groups (broad SMARTS) is 1. The zero-order valence-electron chi connectivity index (χ0n) is 11.8. The second-order valence-corrected chi connectivity index (χ2v) is 6.01. The fourth-order valence-corrected chi connectivity index (χ4v) is 3.42. The van der Waals surface area contributed by atoms with E-state index in [1.165, 1.54) is 21.6 Å². The lowest BCUT2D eigenvalue weighted by Crippen LogP contribution is -2.47. The standard InChI is InChI=1S/C14H18N2O3S/c1-9-4-10(2)6-11(5-9)15(3)14(19)16-8-20-7-12(16)13(17)18/h4-6,12H,7-8H2,1-3H3,(H,17,18). The molecular formula is C14H18N2O3S. The number of carbonyl (C=O) groups excluding carboxylic acids is 1. The number of hydrogen-bond donors (Lipinski definition) is 1. The second kappa shape index (κ2) is 5.75. The zero-order chi connectivity index (χ0) is 14.9. The molecular weight excluding hydrogens is 276 g/mol. The van der Waals surface area contributed by atoms with E-state index < -0.39 is 12.0 Å². The predicted octanol–water partition coefficient (Wildman–Crippen LogP) is 2.32. The molecule has 0 spiro atoms.